The SMILES string of the molecule is Cc1cc(NC(=O)CN(C)C(=O)c2cn[nH]n2)no1. The number of carbonyl (C=O) groups is 2. The highest BCUT2D eigenvalue weighted by molar-refractivity contribution is 5.97. The number of anilines is 1. The fourth-order valence-corrected chi connectivity index (χ4v) is 1.40. The van der Waals surface area contributed by atoms with Crippen molar-refractivity contribution < 1.29 is 14.1 Å². The quantitative estimate of drug-likeness (QED) is 0.790. The van der Waals surface area contributed by atoms with E-state index in [9.17, 15) is 9.59 Å². The number of aryl methyl sites for hydroxylation is 1. The van der Waals surface area contributed by atoms with E-state index in [-0.39, 0.29) is 18.1 Å². The number of aromatic nitrogens is 4. The minimum absolute atomic E-state index is 0.127. The van der Waals surface area contributed by atoms with Crippen LogP contribution in [-0.2, 0) is 4.79 Å². The maximum absolute atomic E-state index is 11.8. The third kappa shape index (κ3) is 3.15. The summed E-state index contributed by atoms with van der Waals surface area (Å²) in [5, 5.41) is 15.6. The molecule has 2 amide bonds. The van der Waals surface area contributed by atoms with Gasteiger partial charge in [0.05, 0.1) is 12.7 Å². The normalized spacial score (nSPS) is 10.2. The van der Waals surface area contributed by atoms with Crippen LogP contribution in [0.5, 0.6) is 0 Å². The number of H-pyrrole nitrogens is 1. The van der Waals surface area contributed by atoms with Crippen LogP contribution in [-0.4, -0.2) is 50.9 Å². The molecule has 2 aromatic heterocycles. The van der Waals surface area contributed by atoms with Gasteiger partial charge in [-0.05, 0) is 6.92 Å². The van der Waals surface area contributed by atoms with Gasteiger partial charge in [0.15, 0.2) is 11.5 Å². The predicted molar refractivity (Wildman–Crippen MR) is 63.2 cm³/mol. The zero-order valence-electron chi connectivity index (χ0n) is 10.4. The van der Waals surface area contributed by atoms with Crippen molar-refractivity contribution in [3.05, 3.63) is 23.7 Å². The molecule has 0 saturated carbocycles. The summed E-state index contributed by atoms with van der Waals surface area (Å²) in [6, 6.07) is 1.58. The largest absolute Gasteiger partial charge is 0.360 e. The Hall–Kier alpha value is -2.71. The van der Waals surface area contributed by atoms with Gasteiger partial charge in [0, 0.05) is 13.1 Å². The third-order valence-corrected chi connectivity index (χ3v) is 2.26. The van der Waals surface area contributed by atoms with Crippen molar-refractivity contribution in [3.8, 4) is 0 Å². The number of rotatable bonds is 4. The number of amides is 2. The van der Waals surface area contributed by atoms with E-state index in [0.29, 0.717) is 11.6 Å². The van der Waals surface area contributed by atoms with Gasteiger partial charge >= 0.3 is 0 Å². The maximum Gasteiger partial charge on any atom is 0.276 e. The third-order valence-electron chi connectivity index (χ3n) is 2.26. The summed E-state index contributed by atoms with van der Waals surface area (Å²) < 4.78 is 4.81. The molecule has 0 unspecified atom stereocenters. The first-order valence-corrected chi connectivity index (χ1v) is 5.40. The highest BCUT2D eigenvalue weighted by Crippen LogP contribution is 2.07. The number of carbonyl (C=O) groups excluding carboxylic acids is 2. The van der Waals surface area contributed by atoms with E-state index in [1.807, 2.05) is 0 Å². The molecule has 0 fully saturated rings. The van der Waals surface area contributed by atoms with Gasteiger partial charge in [0.1, 0.15) is 5.76 Å². The molecule has 9 nitrogen and oxygen atoms in total. The van der Waals surface area contributed by atoms with Gasteiger partial charge in [-0.2, -0.15) is 15.4 Å². The fraction of sp³-hybridized carbons (Fsp3) is 0.300. The first-order chi connectivity index (χ1) is 9.06. The summed E-state index contributed by atoms with van der Waals surface area (Å²) in [7, 11) is 1.49. The van der Waals surface area contributed by atoms with Crippen LogP contribution in [0.15, 0.2) is 16.8 Å². The summed E-state index contributed by atoms with van der Waals surface area (Å²) in [4.78, 5) is 24.7. The highest BCUT2D eigenvalue weighted by atomic mass is 16.5. The molecule has 0 radical (unpaired) electrons. The molecule has 2 aromatic rings. The molecule has 19 heavy (non-hydrogen) atoms. The Morgan fingerprint density at radius 2 is 2.32 bits per heavy atom. The van der Waals surface area contributed by atoms with Crippen molar-refractivity contribution in [3.63, 3.8) is 0 Å². The number of hydrogen-bond donors (Lipinski definition) is 2. The summed E-state index contributed by atoms with van der Waals surface area (Å²) in [6.45, 7) is 1.58. The maximum atomic E-state index is 11.8. The number of aromatic amines is 1. The smallest absolute Gasteiger partial charge is 0.276 e. The molecule has 2 heterocycles. The molecule has 0 aliphatic rings. The molecule has 100 valence electrons. The van der Waals surface area contributed by atoms with E-state index >= 15 is 0 Å². The Balaban J connectivity index is 1.90. The number of nitrogens with zero attached hydrogens (tertiary/aromatic N) is 4. The zero-order chi connectivity index (χ0) is 13.8. The minimum Gasteiger partial charge on any atom is -0.360 e. The van der Waals surface area contributed by atoms with Gasteiger partial charge in [-0.25, -0.2) is 0 Å². The molecule has 9 heteroatoms. The van der Waals surface area contributed by atoms with Gasteiger partial charge in [-0.1, -0.05) is 5.16 Å². The number of hydrogen-bond acceptors (Lipinski definition) is 6. The van der Waals surface area contributed by atoms with Gasteiger partial charge in [-0.3, -0.25) is 9.59 Å². The van der Waals surface area contributed by atoms with Gasteiger partial charge in [0.25, 0.3) is 5.91 Å². The first-order valence-electron chi connectivity index (χ1n) is 5.40. The lowest BCUT2D eigenvalue weighted by Gasteiger charge is -2.14. The molecule has 0 aliphatic heterocycles. The molecule has 0 spiro atoms. The monoisotopic (exact) mass is 264 g/mol. The average molecular weight is 264 g/mol. The predicted octanol–water partition coefficient (Wildman–Crippen LogP) is -0.188. The van der Waals surface area contributed by atoms with Crippen LogP contribution >= 0.6 is 0 Å². The molecule has 0 bridgehead atoms. The van der Waals surface area contributed by atoms with E-state index in [2.05, 4.69) is 25.9 Å². The lowest BCUT2D eigenvalue weighted by atomic mass is 10.4. The van der Waals surface area contributed by atoms with Crippen LogP contribution in [0.1, 0.15) is 16.2 Å². The Labute approximate surface area is 107 Å². The second-order valence-corrected chi connectivity index (χ2v) is 3.89. The van der Waals surface area contributed by atoms with Crippen molar-refractivity contribution in [2.24, 2.45) is 0 Å². The van der Waals surface area contributed by atoms with Crippen molar-refractivity contribution in [2.45, 2.75) is 6.92 Å². The van der Waals surface area contributed by atoms with E-state index in [0.717, 1.165) is 0 Å². The van der Waals surface area contributed by atoms with E-state index in [1.54, 1.807) is 13.0 Å². The standard InChI is InChI=1S/C10H12N6O3/c1-6-3-8(14-19-6)12-9(17)5-16(2)10(18)7-4-11-15-13-7/h3-4H,5H2,1-2H3,(H,11,13,15)(H,12,14,17). The van der Waals surface area contributed by atoms with Gasteiger partial charge in [0.2, 0.25) is 5.91 Å². The number of nitrogens with one attached hydrogen (secondary N) is 2. The molecule has 0 saturated heterocycles. The number of likely N-dealkylation sites (N-methyl/N-ethyl adjacent to an activating group) is 1. The van der Waals surface area contributed by atoms with Crippen LogP contribution in [0, 0.1) is 6.92 Å². The lowest BCUT2D eigenvalue weighted by Crippen LogP contribution is -2.35. The zero-order valence-corrected chi connectivity index (χ0v) is 10.4. The van der Waals surface area contributed by atoms with Gasteiger partial charge < -0.3 is 14.7 Å². The Bertz CT molecular complexity index is 576. The molecule has 2 rings (SSSR count). The summed E-state index contributed by atoms with van der Waals surface area (Å²) in [5.74, 6) is 0.111. The Kier molecular flexibility index (Phi) is 3.55. The highest BCUT2D eigenvalue weighted by Gasteiger charge is 2.17. The summed E-state index contributed by atoms with van der Waals surface area (Å²) >= 11 is 0. The second kappa shape index (κ2) is 5.29. The van der Waals surface area contributed by atoms with Crippen molar-refractivity contribution in [1.82, 2.24) is 25.5 Å². The van der Waals surface area contributed by atoms with Crippen LogP contribution in [0.4, 0.5) is 5.82 Å². The Morgan fingerprint density at radius 1 is 1.53 bits per heavy atom. The minimum atomic E-state index is -0.403. The Morgan fingerprint density at radius 3 is 2.89 bits per heavy atom. The first kappa shape index (κ1) is 12.7. The fourth-order valence-electron chi connectivity index (χ4n) is 1.40. The molecular weight excluding hydrogens is 252 g/mol. The van der Waals surface area contributed by atoms with Crippen LogP contribution < -0.4 is 5.32 Å². The molecular formula is C10H12N6O3. The van der Waals surface area contributed by atoms with Gasteiger partial charge in [-0.15, -0.1) is 0 Å². The summed E-state index contributed by atoms with van der Waals surface area (Å²) in [5.41, 5.74) is 0.146. The van der Waals surface area contributed by atoms with Crippen LogP contribution in [0.2, 0.25) is 0 Å². The van der Waals surface area contributed by atoms with E-state index < -0.39 is 5.91 Å². The van der Waals surface area contributed by atoms with Crippen molar-refractivity contribution in [2.75, 3.05) is 18.9 Å². The molecule has 0 aromatic carbocycles. The average Bonchev–Trinajstić information content (AvgIpc) is 2.99. The van der Waals surface area contributed by atoms with Crippen molar-refractivity contribution in [1.29, 1.82) is 0 Å². The van der Waals surface area contributed by atoms with E-state index in [1.165, 1.54) is 18.1 Å². The topological polar surface area (TPSA) is 117 Å². The molecule has 0 aliphatic carbocycles. The summed E-state index contributed by atoms with van der Waals surface area (Å²) in [6.07, 6.45) is 1.29. The van der Waals surface area contributed by atoms with Crippen LogP contribution in [0.3, 0.4) is 0 Å². The lowest BCUT2D eigenvalue weighted by molar-refractivity contribution is -0.116. The molecule has 2 N–H and O–H groups in total. The van der Waals surface area contributed by atoms with Crippen molar-refractivity contribution >= 4 is 17.6 Å². The van der Waals surface area contributed by atoms with E-state index in [4.69, 9.17) is 4.52 Å². The molecule has 0 atom stereocenters. The second-order valence-electron chi connectivity index (χ2n) is 3.89. The van der Waals surface area contributed by atoms with Crippen LogP contribution in [0.25, 0.3) is 0 Å².